The van der Waals surface area contributed by atoms with Gasteiger partial charge in [0.2, 0.25) is 0 Å². The van der Waals surface area contributed by atoms with Crippen molar-refractivity contribution in [3.63, 3.8) is 0 Å². The molecule has 0 aromatic heterocycles. The van der Waals surface area contributed by atoms with Crippen molar-refractivity contribution in [2.75, 3.05) is 6.61 Å². The molecule has 1 aromatic carbocycles. The molecule has 32 heavy (non-hydrogen) atoms. The summed E-state index contributed by atoms with van der Waals surface area (Å²) in [5.74, 6) is 0.811. The van der Waals surface area contributed by atoms with E-state index >= 15 is 0 Å². The molecule has 5 unspecified atom stereocenters. The van der Waals surface area contributed by atoms with Crippen LogP contribution in [0.1, 0.15) is 70.3 Å². The van der Waals surface area contributed by atoms with Crippen molar-refractivity contribution in [3.05, 3.63) is 35.9 Å². The van der Waals surface area contributed by atoms with Crippen LogP contribution >= 0.6 is 0 Å². The number of hydrogen-bond donors (Lipinski definition) is 2. The molecule has 5 rings (SSSR count). The average Bonchev–Trinajstić information content (AvgIpc) is 3.08. The minimum atomic E-state index is -0.330. The van der Waals surface area contributed by atoms with Crippen LogP contribution < -0.4 is 0 Å². The Morgan fingerprint density at radius 1 is 1.06 bits per heavy atom. The van der Waals surface area contributed by atoms with E-state index in [9.17, 15) is 15.0 Å². The van der Waals surface area contributed by atoms with Crippen molar-refractivity contribution in [1.29, 1.82) is 10.8 Å². The number of carbonyl (C=O) groups excluding carboxylic acids is 2. The van der Waals surface area contributed by atoms with Gasteiger partial charge in [-0.3, -0.25) is 9.59 Å². The minimum Gasteiger partial charge on any atom is -0.465 e. The van der Waals surface area contributed by atoms with Crippen LogP contribution in [0.25, 0.3) is 0 Å². The molecular formula is C27H34N2O3. The second-order valence-electron chi connectivity index (χ2n) is 10.9. The predicted octanol–water partition coefficient (Wildman–Crippen LogP) is 5.18. The Balaban J connectivity index is 1.60. The van der Waals surface area contributed by atoms with Crippen molar-refractivity contribution >= 4 is 23.2 Å². The Labute approximate surface area is 190 Å². The molecule has 5 nitrogen and oxygen atoms in total. The smallest absolute Gasteiger partial charge is 0.302 e. The van der Waals surface area contributed by atoms with Crippen LogP contribution in [-0.2, 0) is 14.3 Å². The molecule has 4 saturated carbocycles. The zero-order valence-corrected chi connectivity index (χ0v) is 19.2. The van der Waals surface area contributed by atoms with Gasteiger partial charge in [-0.1, -0.05) is 37.3 Å². The van der Waals surface area contributed by atoms with Gasteiger partial charge >= 0.3 is 5.97 Å². The normalized spacial score (nSPS) is 40.9. The first kappa shape index (κ1) is 21.5. The molecule has 2 N–H and O–H groups in total. The largest absolute Gasteiger partial charge is 0.465 e. The standard InChI is InChI=1S/C27H34N2O3/c1-16(30)32-15-27-13-11-21(28)24(17-6-4-3-5-7-17)25(27)22(29)14-18-19-8-9-23(31)26(19,2)12-10-20(18)27/h3-7,18-20,24-25,28-29H,8-15H2,1-2H3/t18?,19?,20?,24?,25?,26-,27-/m0/s1. The summed E-state index contributed by atoms with van der Waals surface area (Å²) < 4.78 is 5.74. The lowest BCUT2D eigenvalue weighted by Gasteiger charge is -2.61. The number of esters is 1. The lowest BCUT2D eigenvalue weighted by Crippen LogP contribution is -2.61. The number of benzene rings is 1. The van der Waals surface area contributed by atoms with Crippen LogP contribution in [0.2, 0.25) is 0 Å². The molecular weight excluding hydrogens is 400 g/mol. The minimum absolute atomic E-state index is 0.117. The Morgan fingerprint density at radius 3 is 2.53 bits per heavy atom. The van der Waals surface area contributed by atoms with Gasteiger partial charge in [0.15, 0.2) is 0 Å². The summed E-state index contributed by atoms with van der Waals surface area (Å²) in [7, 11) is 0. The Kier molecular flexibility index (Phi) is 5.14. The van der Waals surface area contributed by atoms with Crippen molar-refractivity contribution < 1.29 is 14.3 Å². The number of Topliss-reactive ketones (excluding diaryl/α,β-unsaturated/α-hetero) is 1. The van der Waals surface area contributed by atoms with Crippen molar-refractivity contribution in [2.24, 2.45) is 34.5 Å². The van der Waals surface area contributed by atoms with E-state index < -0.39 is 0 Å². The lowest BCUT2D eigenvalue weighted by molar-refractivity contribution is -0.155. The highest BCUT2D eigenvalue weighted by Crippen LogP contribution is 2.66. The SMILES string of the molecule is CC(=O)OC[C@]12CCC(=N)C(c3ccccc3)C1C(=N)CC1C2CC[C@]2(C)C(=O)CCC12. The quantitative estimate of drug-likeness (QED) is 0.642. The van der Waals surface area contributed by atoms with Gasteiger partial charge < -0.3 is 15.6 Å². The summed E-state index contributed by atoms with van der Waals surface area (Å²) in [6, 6.07) is 10.2. The number of ketones is 1. The van der Waals surface area contributed by atoms with E-state index in [1.165, 1.54) is 6.92 Å². The molecule has 0 heterocycles. The van der Waals surface area contributed by atoms with Crippen LogP contribution in [0.5, 0.6) is 0 Å². The first-order valence-corrected chi connectivity index (χ1v) is 12.1. The van der Waals surface area contributed by atoms with Crippen molar-refractivity contribution in [3.8, 4) is 0 Å². The second kappa shape index (κ2) is 7.64. The highest BCUT2D eigenvalue weighted by molar-refractivity contribution is 5.98. The summed E-state index contributed by atoms with van der Waals surface area (Å²) in [6.45, 7) is 3.94. The molecule has 4 fully saturated rings. The summed E-state index contributed by atoms with van der Waals surface area (Å²) >= 11 is 0. The maximum Gasteiger partial charge on any atom is 0.302 e. The van der Waals surface area contributed by atoms with Gasteiger partial charge in [-0.25, -0.2) is 0 Å². The summed E-state index contributed by atoms with van der Waals surface area (Å²) in [5, 5.41) is 18.1. The molecule has 0 amide bonds. The fourth-order valence-corrected chi connectivity index (χ4v) is 8.17. The number of carbonyl (C=O) groups is 2. The number of fused-ring (bicyclic) bond motifs is 5. The zero-order valence-electron chi connectivity index (χ0n) is 19.2. The Bertz CT molecular complexity index is 972. The van der Waals surface area contributed by atoms with Crippen LogP contribution in [0, 0.1) is 45.3 Å². The number of nitrogens with one attached hydrogen (secondary N) is 2. The first-order valence-electron chi connectivity index (χ1n) is 12.1. The molecule has 4 aliphatic rings. The maximum atomic E-state index is 12.8. The molecule has 0 aliphatic heterocycles. The number of rotatable bonds is 3. The fourth-order valence-electron chi connectivity index (χ4n) is 8.17. The van der Waals surface area contributed by atoms with Crippen LogP contribution in [0.3, 0.4) is 0 Å². The summed E-state index contributed by atoms with van der Waals surface area (Å²) in [6.07, 6.45) is 5.60. The third kappa shape index (κ3) is 3.03. The molecule has 1 aromatic rings. The Hall–Kier alpha value is -2.30. The van der Waals surface area contributed by atoms with Gasteiger partial charge in [-0.2, -0.15) is 0 Å². The second-order valence-corrected chi connectivity index (χ2v) is 10.9. The molecule has 0 radical (unpaired) electrons. The zero-order chi connectivity index (χ0) is 22.7. The summed E-state index contributed by atoms with van der Waals surface area (Å²) in [4.78, 5) is 24.7. The highest BCUT2D eigenvalue weighted by atomic mass is 16.5. The van der Waals surface area contributed by atoms with E-state index in [4.69, 9.17) is 10.1 Å². The van der Waals surface area contributed by atoms with Gasteiger partial charge in [0.25, 0.3) is 0 Å². The molecule has 170 valence electrons. The van der Waals surface area contributed by atoms with E-state index in [0.29, 0.717) is 60.8 Å². The van der Waals surface area contributed by atoms with Gasteiger partial charge in [-0.15, -0.1) is 0 Å². The molecule has 0 spiro atoms. The summed E-state index contributed by atoms with van der Waals surface area (Å²) in [5.41, 5.74) is 1.90. The van der Waals surface area contributed by atoms with Crippen molar-refractivity contribution in [1.82, 2.24) is 0 Å². The predicted molar refractivity (Wildman–Crippen MR) is 123 cm³/mol. The Morgan fingerprint density at radius 2 is 1.81 bits per heavy atom. The van der Waals surface area contributed by atoms with Gasteiger partial charge in [0.05, 0.1) is 6.61 Å². The van der Waals surface area contributed by atoms with E-state index in [1.807, 2.05) is 18.2 Å². The average molecular weight is 435 g/mol. The third-order valence-corrected chi connectivity index (χ3v) is 9.61. The molecule has 5 heteroatoms. The van der Waals surface area contributed by atoms with Gasteiger partial charge in [0.1, 0.15) is 5.78 Å². The van der Waals surface area contributed by atoms with Crippen LogP contribution in [-0.4, -0.2) is 29.8 Å². The van der Waals surface area contributed by atoms with E-state index in [-0.39, 0.29) is 28.6 Å². The monoisotopic (exact) mass is 434 g/mol. The number of ether oxygens (including phenoxy) is 1. The molecule has 0 saturated heterocycles. The third-order valence-electron chi connectivity index (χ3n) is 9.61. The highest BCUT2D eigenvalue weighted by Gasteiger charge is 2.64. The molecule has 0 bridgehead atoms. The molecule has 4 aliphatic carbocycles. The fraction of sp³-hybridized carbons (Fsp3) is 0.630. The number of hydrogen-bond acceptors (Lipinski definition) is 5. The van der Waals surface area contributed by atoms with Crippen LogP contribution in [0.4, 0.5) is 0 Å². The van der Waals surface area contributed by atoms with Crippen LogP contribution in [0.15, 0.2) is 30.3 Å². The van der Waals surface area contributed by atoms with E-state index in [1.54, 1.807) is 0 Å². The topological polar surface area (TPSA) is 91.1 Å². The van der Waals surface area contributed by atoms with E-state index in [0.717, 1.165) is 31.2 Å². The maximum absolute atomic E-state index is 12.8. The van der Waals surface area contributed by atoms with Gasteiger partial charge in [-0.05, 0) is 61.8 Å². The van der Waals surface area contributed by atoms with Crippen molar-refractivity contribution in [2.45, 2.75) is 64.7 Å². The van der Waals surface area contributed by atoms with Gasteiger partial charge in [0, 0.05) is 47.4 Å². The molecule has 7 atom stereocenters. The first-order chi connectivity index (χ1) is 15.3. The van der Waals surface area contributed by atoms with E-state index in [2.05, 4.69) is 19.1 Å². The lowest BCUT2D eigenvalue weighted by atomic mass is 9.42.